The summed E-state index contributed by atoms with van der Waals surface area (Å²) >= 11 is 0. The zero-order valence-electron chi connectivity index (χ0n) is 11.3. The monoisotopic (exact) mass is 261 g/mol. The van der Waals surface area contributed by atoms with Crippen molar-refractivity contribution in [1.29, 1.82) is 0 Å². The first-order valence-electron chi connectivity index (χ1n) is 6.49. The number of ether oxygens (including phenoxy) is 1. The van der Waals surface area contributed by atoms with Gasteiger partial charge in [-0.1, -0.05) is 13.3 Å². The molecule has 0 spiro atoms. The van der Waals surface area contributed by atoms with Crippen LogP contribution >= 0.6 is 0 Å². The standard InChI is InChI=1S/C13H19N5O/c1-3-4-9-18-13(15-16-17-18)10-19-12-7-5-11(14-2)6-8-12/h5-8,14H,3-4,9-10H2,1-2H3. The van der Waals surface area contributed by atoms with E-state index in [2.05, 4.69) is 27.8 Å². The smallest absolute Gasteiger partial charge is 0.189 e. The topological polar surface area (TPSA) is 64.9 Å². The van der Waals surface area contributed by atoms with Crippen molar-refractivity contribution in [3.63, 3.8) is 0 Å². The van der Waals surface area contributed by atoms with Gasteiger partial charge in [0.1, 0.15) is 12.4 Å². The number of hydrogen-bond acceptors (Lipinski definition) is 5. The number of tetrazole rings is 1. The Morgan fingerprint density at radius 1 is 1.26 bits per heavy atom. The second-order valence-corrected chi connectivity index (χ2v) is 4.23. The van der Waals surface area contributed by atoms with E-state index >= 15 is 0 Å². The Balaban J connectivity index is 1.92. The van der Waals surface area contributed by atoms with Crippen LogP contribution in [0.2, 0.25) is 0 Å². The predicted molar refractivity (Wildman–Crippen MR) is 73.0 cm³/mol. The lowest BCUT2D eigenvalue weighted by molar-refractivity contribution is 0.285. The minimum atomic E-state index is 0.385. The van der Waals surface area contributed by atoms with Gasteiger partial charge in [0.15, 0.2) is 5.82 Å². The summed E-state index contributed by atoms with van der Waals surface area (Å²) in [4.78, 5) is 0. The number of aryl methyl sites for hydroxylation is 1. The maximum absolute atomic E-state index is 5.68. The molecule has 1 aromatic carbocycles. The molecule has 0 aliphatic carbocycles. The average Bonchev–Trinajstić information content (AvgIpc) is 2.91. The van der Waals surface area contributed by atoms with Crippen molar-refractivity contribution in [3.8, 4) is 5.75 Å². The molecule has 0 radical (unpaired) electrons. The maximum atomic E-state index is 5.68. The van der Waals surface area contributed by atoms with E-state index in [9.17, 15) is 0 Å². The van der Waals surface area contributed by atoms with Crippen LogP contribution in [0.5, 0.6) is 5.75 Å². The van der Waals surface area contributed by atoms with Crippen LogP contribution in [0.1, 0.15) is 25.6 Å². The fourth-order valence-electron chi connectivity index (χ4n) is 1.67. The van der Waals surface area contributed by atoms with Crippen molar-refractivity contribution in [2.45, 2.75) is 32.9 Å². The van der Waals surface area contributed by atoms with Gasteiger partial charge in [-0.25, -0.2) is 4.68 Å². The number of anilines is 1. The summed E-state index contributed by atoms with van der Waals surface area (Å²) in [6.07, 6.45) is 2.18. The van der Waals surface area contributed by atoms with Gasteiger partial charge < -0.3 is 10.1 Å². The van der Waals surface area contributed by atoms with E-state index < -0.39 is 0 Å². The Labute approximate surface area is 112 Å². The molecule has 0 aliphatic rings. The largest absolute Gasteiger partial charge is 0.486 e. The van der Waals surface area contributed by atoms with Gasteiger partial charge in [0, 0.05) is 19.3 Å². The molecule has 0 aliphatic heterocycles. The zero-order chi connectivity index (χ0) is 13.5. The van der Waals surface area contributed by atoms with Crippen LogP contribution < -0.4 is 10.1 Å². The van der Waals surface area contributed by atoms with Crippen LogP contribution in [-0.2, 0) is 13.2 Å². The Hall–Kier alpha value is -2.11. The average molecular weight is 261 g/mol. The predicted octanol–water partition coefficient (Wildman–Crippen LogP) is 2.09. The van der Waals surface area contributed by atoms with Crippen molar-refractivity contribution < 1.29 is 4.74 Å². The fourth-order valence-corrected chi connectivity index (χ4v) is 1.67. The van der Waals surface area contributed by atoms with Crippen LogP contribution in [0, 0.1) is 0 Å². The third-order valence-electron chi connectivity index (χ3n) is 2.84. The lowest BCUT2D eigenvalue weighted by atomic mass is 10.3. The molecule has 102 valence electrons. The lowest BCUT2D eigenvalue weighted by Crippen LogP contribution is -2.09. The summed E-state index contributed by atoms with van der Waals surface area (Å²) in [5.74, 6) is 1.56. The second-order valence-electron chi connectivity index (χ2n) is 4.23. The zero-order valence-corrected chi connectivity index (χ0v) is 11.3. The molecule has 0 saturated heterocycles. The van der Waals surface area contributed by atoms with E-state index in [1.807, 2.05) is 31.3 Å². The summed E-state index contributed by atoms with van der Waals surface area (Å²) < 4.78 is 7.48. The molecule has 0 fully saturated rings. The first-order valence-corrected chi connectivity index (χ1v) is 6.49. The van der Waals surface area contributed by atoms with Gasteiger partial charge >= 0.3 is 0 Å². The number of hydrogen-bond donors (Lipinski definition) is 1. The molecule has 1 heterocycles. The molecule has 0 saturated carbocycles. The summed E-state index contributed by atoms with van der Waals surface area (Å²) in [5.41, 5.74) is 1.06. The van der Waals surface area contributed by atoms with Crippen LogP contribution in [0.15, 0.2) is 24.3 Å². The van der Waals surface area contributed by atoms with Crippen molar-refractivity contribution in [3.05, 3.63) is 30.1 Å². The van der Waals surface area contributed by atoms with Gasteiger partial charge in [0.2, 0.25) is 0 Å². The summed E-state index contributed by atoms with van der Waals surface area (Å²) in [7, 11) is 1.89. The normalized spacial score (nSPS) is 10.4. The molecule has 2 aromatic rings. The van der Waals surface area contributed by atoms with E-state index in [0.29, 0.717) is 6.61 Å². The number of aromatic nitrogens is 4. The maximum Gasteiger partial charge on any atom is 0.189 e. The Kier molecular flexibility index (Phi) is 4.72. The minimum Gasteiger partial charge on any atom is -0.486 e. The molecule has 6 nitrogen and oxygen atoms in total. The molecule has 2 rings (SSSR count). The van der Waals surface area contributed by atoms with Crippen molar-refractivity contribution in [2.24, 2.45) is 0 Å². The van der Waals surface area contributed by atoms with Gasteiger partial charge in [0.05, 0.1) is 0 Å². The van der Waals surface area contributed by atoms with Crippen molar-refractivity contribution in [2.75, 3.05) is 12.4 Å². The van der Waals surface area contributed by atoms with Crippen molar-refractivity contribution in [1.82, 2.24) is 20.2 Å². The minimum absolute atomic E-state index is 0.385. The summed E-state index contributed by atoms with van der Waals surface area (Å²) in [5, 5.41) is 14.7. The highest BCUT2D eigenvalue weighted by Crippen LogP contribution is 2.16. The number of benzene rings is 1. The Morgan fingerprint density at radius 3 is 2.74 bits per heavy atom. The van der Waals surface area contributed by atoms with E-state index in [4.69, 9.17) is 4.74 Å². The first kappa shape index (κ1) is 13.3. The molecule has 19 heavy (non-hydrogen) atoms. The first-order chi connectivity index (χ1) is 9.33. The Morgan fingerprint density at radius 2 is 2.05 bits per heavy atom. The number of unbranched alkanes of at least 4 members (excludes halogenated alkanes) is 1. The molecule has 6 heteroatoms. The van der Waals surface area contributed by atoms with Gasteiger partial charge in [-0.05, 0) is 41.1 Å². The summed E-state index contributed by atoms with van der Waals surface area (Å²) in [6.45, 7) is 3.36. The molecule has 1 N–H and O–H groups in total. The number of nitrogens with one attached hydrogen (secondary N) is 1. The van der Waals surface area contributed by atoms with E-state index in [1.54, 1.807) is 4.68 Å². The van der Waals surface area contributed by atoms with Gasteiger partial charge in [-0.15, -0.1) is 5.10 Å². The second kappa shape index (κ2) is 6.72. The van der Waals surface area contributed by atoms with Gasteiger partial charge in [0.25, 0.3) is 0 Å². The van der Waals surface area contributed by atoms with Crippen LogP contribution in [0.25, 0.3) is 0 Å². The highest BCUT2D eigenvalue weighted by molar-refractivity contribution is 5.45. The molecule has 0 amide bonds. The molecule has 0 bridgehead atoms. The van der Waals surface area contributed by atoms with Crippen molar-refractivity contribution >= 4 is 5.69 Å². The van der Waals surface area contributed by atoms with E-state index in [1.165, 1.54) is 0 Å². The quantitative estimate of drug-likeness (QED) is 0.826. The van der Waals surface area contributed by atoms with Crippen LogP contribution in [-0.4, -0.2) is 27.3 Å². The molecule has 1 aromatic heterocycles. The van der Waals surface area contributed by atoms with Crippen LogP contribution in [0.4, 0.5) is 5.69 Å². The number of rotatable bonds is 7. The van der Waals surface area contributed by atoms with E-state index in [0.717, 1.165) is 36.6 Å². The van der Waals surface area contributed by atoms with Gasteiger partial charge in [-0.2, -0.15) is 0 Å². The molecular formula is C13H19N5O. The fraction of sp³-hybridized carbons (Fsp3) is 0.462. The number of nitrogens with zero attached hydrogens (tertiary/aromatic N) is 4. The highest BCUT2D eigenvalue weighted by Gasteiger charge is 2.06. The third-order valence-corrected chi connectivity index (χ3v) is 2.84. The highest BCUT2D eigenvalue weighted by atomic mass is 16.5. The molecule has 0 unspecified atom stereocenters. The lowest BCUT2D eigenvalue weighted by Gasteiger charge is -2.07. The SMILES string of the molecule is CCCCn1nnnc1COc1ccc(NC)cc1. The van der Waals surface area contributed by atoms with Gasteiger partial charge in [-0.3, -0.25) is 0 Å². The third kappa shape index (κ3) is 3.67. The molecular weight excluding hydrogens is 242 g/mol. The van der Waals surface area contributed by atoms with Crippen LogP contribution in [0.3, 0.4) is 0 Å². The Bertz CT molecular complexity index is 494. The summed E-state index contributed by atoms with van der Waals surface area (Å²) in [6, 6.07) is 7.78. The van der Waals surface area contributed by atoms with E-state index in [-0.39, 0.29) is 0 Å². The molecule has 0 atom stereocenters.